The Bertz CT molecular complexity index is 596. The fourth-order valence-electron chi connectivity index (χ4n) is 3.40. The van der Waals surface area contributed by atoms with Gasteiger partial charge in [-0.25, -0.2) is 0 Å². The van der Waals surface area contributed by atoms with Gasteiger partial charge in [0.1, 0.15) is 12.1 Å². The lowest BCUT2D eigenvalue weighted by atomic mass is 10.0. The number of aromatic nitrogens is 4. The minimum atomic E-state index is 0.677. The van der Waals surface area contributed by atoms with Crippen LogP contribution in [0.25, 0.3) is 5.65 Å². The molecule has 2 fully saturated rings. The molecule has 1 aliphatic carbocycles. The van der Waals surface area contributed by atoms with Crippen molar-refractivity contribution in [1.29, 1.82) is 0 Å². The van der Waals surface area contributed by atoms with Crippen molar-refractivity contribution in [3.63, 3.8) is 0 Å². The van der Waals surface area contributed by atoms with E-state index in [0.717, 1.165) is 30.6 Å². The van der Waals surface area contributed by atoms with Gasteiger partial charge in [-0.3, -0.25) is 4.90 Å². The summed E-state index contributed by atoms with van der Waals surface area (Å²) in [4.78, 5) is 4.91. The van der Waals surface area contributed by atoms with Crippen molar-refractivity contribution in [1.82, 2.24) is 24.7 Å². The molecule has 0 bridgehead atoms. The van der Waals surface area contributed by atoms with Crippen molar-refractivity contribution in [2.24, 2.45) is 0 Å². The first-order chi connectivity index (χ1) is 9.81. The molecule has 20 heavy (non-hydrogen) atoms. The zero-order chi connectivity index (χ0) is 13.5. The molecule has 6 heteroatoms. The van der Waals surface area contributed by atoms with Crippen molar-refractivity contribution < 1.29 is 0 Å². The molecular formula is C14H20N6. The van der Waals surface area contributed by atoms with Crippen molar-refractivity contribution in [3.8, 4) is 0 Å². The Hall–Kier alpha value is -1.69. The van der Waals surface area contributed by atoms with Crippen molar-refractivity contribution in [2.45, 2.75) is 37.8 Å². The second-order valence-electron chi connectivity index (χ2n) is 5.99. The van der Waals surface area contributed by atoms with Crippen molar-refractivity contribution in [2.75, 3.05) is 25.0 Å². The summed E-state index contributed by atoms with van der Waals surface area (Å²) in [7, 11) is 2.29. The average Bonchev–Trinajstić information content (AvgIpc) is 3.07. The van der Waals surface area contributed by atoms with Gasteiger partial charge in [0, 0.05) is 25.2 Å². The van der Waals surface area contributed by atoms with Gasteiger partial charge in [-0.1, -0.05) is 12.8 Å². The smallest absolute Gasteiger partial charge is 0.177 e. The maximum atomic E-state index is 4.55. The largest absolute Gasteiger partial charge is 0.352 e. The molecule has 0 amide bonds. The molecule has 2 aliphatic rings. The number of nitrogens with zero attached hydrogens (tertiary/aromatic N) is 6. The van der Waals surface area contributed by atoms with Crippen LogP contribution in [0.4, 0.5) is 5.82 Å². The predicted octanol–water partition coefficient (Wildman–Crippen LogP) is 1.19. The van der Waals surface area contributed by atoms with Gasteiger partial charge in [-0.2, -0.15) is 4.52 Å². The SMILES string of the molecule is CN(C1CCCC1)C1CN(c2ccc3nncn3n2)C1. The lowest BCUT2D eigenvalue weighted by molar-refractivity contribution is 0.147. The van der Waals surface area contributed by atoms with Gasteiger partial charge in [-0.15, -0.1) is 15.3 Å². The van der Waals surface area contributed by atoms with E-state index in [1.54, 1.807) is 10.8 Å². The third-order valence-electron chi connectivity index (χ3n) is 4.81. The van der Waals surface area contributed by atoms with Crippen LogP contribution in [-0.2, 0) is 0 Å². The fourth-order valence-corrected chi connectivity index (χ4v) is 3.40. The number of fused-ring (bicyclic) bond motifs is 1. The van der Waals surface area contributed by atoms with E-state index in [2.05, 4.69) is 32.1 Å². The van der Waals surface area contributed by atoms with Gasteiger partial charge in [-0.05, 0) is 32.0 Å². The van der Waals surface area contributed by atoms with Gasteiger partial charge < -0.3 is 4.90 Å². The molecule has 1 aliphatic heterocycles. The molecule has 0 atom stereocenters. The van der Waals surface area contributed by atoms with Crippen LogP contribution in [0, 0.1) is 0 Å². The van der Waals surface area contributed by atoms with Crippen molar-refractivity contribution in [3.05, 3.63) is 18.5 Å². The van der Waals surface area contributed by atoms with Gasteiger partial charge >= 0.3 is 0 Å². The number of hydrogen-bond acceptors (Lipinski definition) is 5. The molecule has 4 rings (SSSR count). The number of hydrogen-bond donors (Lipinski definition) is 0. The highest BCUT2D eigenvalue weighted by atomic mass is 15.4. The predicted molar refractivity (Wildman–Crippen MR) is 76.8 cm³/mol. The summed E-state index contributed by atoms with van der Waals surface area (Å²) in [5, 5.41) is 12.4. The highest BCUT2D eigenvalue weighted by Gasteiger charge is 2.34. The second kappa shape index (κ2) is 4.70. The van der Waals surface area contributed by atoms with Gasteiger partial charge in [0.2, 0.25) is 0 Å². The van der Waals surface area contributed by atoms with E-state index in [-0.39, 0.29) is 0 Å². The first-order valence-electron chi connectivity index (χ1n) is 7.45. The Morgan fingerprint density at radius 2 is 1.95 bits per heavy atom. The highest BCUT2D eigenvalue weighted by molar-refractivity contribution is 5.47. The van der Waals surface area contributed by atoms with Crippen LogP contribution in [0.2, 0.25) is 0 Å². The Kier molecular flexibility index (Phi) is 2.84. The number of anilines is 1. The zero-order valence-corrected chi connectivity index (χ0v) is 11.8. The maximum Gasteiger partial charge on any atom is 0.177 e. The Morgan fingerprint density at radius 1 is 1.15 bits per heavy atom. The van der Waals surface area contributed by atoms with Crippen molar-refractivity contribution >= 4 is 11.5 Å². The summed E-state index contributed by atoms with van der Waals surface area (Å²) >= 11 is 0. The number of likely N-dealkylation sites (N-methyl/N-ethyl adjacent to an activating group) is 1. The Labute approximate surface area is 118 Å². The minimum absolute atomic E-state index is 0.677. The Morgan fingerprint density at radius 3 is 2.75 bits per heavy atom. The van der Waals surface area contributed by atoms with Crippen LogP contribution in [0.1, 0.15) is 25.7 Å². The normalized spacial score (nSPS) is 21.0. The van der Waals surface area contributed by atoms with E-state index in [0.29, 0.717) is 6.04 Å². The molecule has 0 unspecified atom stereocenters. The van der Waals surface area contributed by atoms with Crippen LogP contribution in [-0.4, -0.2) is 56.9 Å². The summed E-state index contributed by atoms with van der Waals surface area (Å²) in [6, 6.07) is 5.49. The van der Waals surface area contributed by atoms with Gasteiger partial charge in [0.05, 0.1) is 0 Å². The van der Waals surface area contributed by atoms with E-state index >= 15 is 0 Å². The van der Waals surface area contributed by atoms with E-state index in [4.69, 9.17) is 0 Å². The number of rotatable bonds is 3. The lowest BCUT2D eigenvalue weighted by Gasteiger charge is -2.46. The molecule has 0 radical (unpaired) electrons. The van der Waals surface area contributed by atoms with Gasteiger partial charge in [0.15, 0.2) is 5.65 Å². The summed E-state index contributed by atoms with van der Waals surface area (Å²) in [5.41, 5.74) is 0.800. The quantitative estimate of drug-likeness (QED) is 0.840. The summed E-state index contributed by atoms with van der Waals surface area (Å²) in [5.74, 6) is 1.02. The first-order valence-corrected chi connectivity index (χ1v) is 7.45. The van der Waals surface area contributed by atoms with Crippen LogP contribution >= 0.6 is 0 Å². The summed E-state index contributed by atoms with van der Waals surface area (Å²) < 4.78 is 1.74. The van der Waals surface area contributed by atoms with Crippen LogP contribution in [0.15, 0.2) is 18.5 Å². The summed E-state index contributed by atoms with van der Waals surface area (Å²) in [6.07, 6.45) is 7.20. The molecule has 2 aromatic heterocycles. The molecule has 106 valence electrons. The summed E-state index contributed by atoms with van der Waals surface area (Å²) in [6.45, 7) is 2.15. The molecule has 1 saturated heterocycles. The molecule has 3 heterocycles. The zero-order valence-electron chi connectivity index (χ0n) is 11.8. The Balaban J connectivity index is 1.42. The maximum absolute atomic E-state index is 4.55. The third-order valence-corrected chi connectivity index (χ3v) is 4.81. The van der Waals surface area contributed by atoms with Crippen LogP contribution in [0.5, 0.6) is 0 Å². The lowest BCUT2D eigenvalue weighted by Crippen LogP contribution is -2.60. The molecule has 0 aromatic carbocycles. The van der Waals surface area contributed by atoms with E-state index in [1.807, 2.05) is 12.1 Å². The monoisotopic (exact) mass is 272 g/mol. The minimum Gasteiger partial charge on any atom is -0.352 e. The molecule has 6 nitrogen and oxygen atoms in total. The molecule has 0 N–H and O–H groups in total. The van der Waals surface area contributed by atoms with E-state index in [1.165, 1.54) is 25.7 Å². The van der Waals surface area contributed by atoms with Crippen LogP contribution < -0.4 is 4.90 Å². The molecular weight excluding hydrogens is 252 g/mol. The standard InChI is InChI=1S/C14H20N6/c1-18(11-4-2-3-5-11)12-8-19(9-12)14-7-6-13-16-15-10-20(13)17-14/h6-7,10-12H,2-5,8-9H2,1H3. The first kappa shape index (κ1) is 12.1. The fraction of sp³-hybridized carbons (Fsp3) is 0.643. The topological polar surface area (TPSA) is 49.6 Å². The highest BCUT2D eigenvalue weighted by Crippen LogP contribution is 2.28. The molecule has 1 saturated carbocycles. The van der Waals surface area contributed by atoms with E-state index < -0.39 is 0 Å². The second-order valence-corrected chi connectivity index (χ2v) is 5.99. The van der Waals surface area contributed by atoms with Crippen LogP contribution in [0.3, 0.4) is 0 Å². The molecule has 2 aromatic rings. The average molecular weight is 272 g/mol. The van der Waals surface area contributed by atoms with E-state index in [9.17, 15) is 0 Å². The van der Waals surface area contributed by atoms with Gasteiger partial charge in [0.25, 0.3) is 0 Å². The third kappa shape index (κ3) is 1.95. The molecule has 0 spiro atoms.